The summed E-state index contributed by atoms with van der Waals surface area (Å²) in [5.74, 6) is -2.72. The van der Waals surface area contributed by atoms with E-state index in [1.54, 1.807) is 12.1 Å². The van der Waals surface area contributed by atoms with Crippen molar-refractivity contribution in [1.82, 2.24) is 0 Å². The number of benzene rings is 2. The van der Waals surface area contributed by atoms with Crippen LogP contribution in [0, 0.1) is 0 Å². The molecule has 4 rings (SSSR count). The lowest BCUT2D eigenvalue weighted by Gasteiger charge is -2.43. The van der Waals surface area contributed by atoms with Gasteiger partial charge in [0.05, 0.1) is 5.56 Å². The van der Waals surface area contributed by atoms with Crippen LogP contribution in [0.3, 0.4) is 0 Å². The van der Waals surface area contributed by atoms with Crippen molar-refractivity contribution in [1.29, 1.82) is 0 Å². The van der Waals surface area contributed by atoms with E-state index < -0.39 is 78.6 Å². The zero-order valence-electron chi connectivity index (χ0n) is 25.4. The first-order chi connectivity index (χ1) is 22.1. The number of hydrogen-bond donors (Lipinski definition) is 0. The largest absolute Gasteiger partial charge is 0.489 e. The molecule has 0 radical (unpaired) electrons. The molecule has 1 fully saturated rings. The summed E-state index contributed by atoms with van der Waals surface area (Å²) in [6.07, 6.45) is -11.6. The van der Waals surface area contributed by atoms with Gasteiger partial charge in [-0.15, -0.1) is 0 Å². The summed E-state index contributed by atoms with van der Waals surface area (Å²) in [7, 11) is 0. The molecular weight excluding hydrogens is 637 g/mol. The Bertz CT molecular complexity index is 1680. The number of carbonyl (C=O) groups excluding carboxylic acids is 4. The van der Waals surface area contributed by atoms with E-state index in [4.69, 9.17) is 37.6 Å². The van der Waals surface area contributed by atoms with Crippen molar-refractivity contribution in [2.45, 2.75) is 71.2 Å². The Kier molecular flexibility index (Phi) is 10.7. The third-order valence-corrected chi connectivity index (χ3v) is 6.55. The summed E-state index contributed by atoms with van der Waals surface area (Å²) in [6.45, 7) is 3.97. The minimum Gasteiger partial charge on any atom is -0.489 e. The third-order valence-electron chi connectivity index (χ3n) is 6.55. The maximum absolute atomic E-state index is 13.3. The smallest absolute Gasteiger partial charge is 0.417 e. The highest BCUT2D eigenvalue weighted by Gasteiger charge is 2.53. The number of ether oxygens (including phenoxy) is 7. The van der Waals surface area contributed by atoms with Gasteiger partial charge >= 0.3 is 35.7 Å². The van der Waals surface area contributed by atoms with Crippen molar-refractivity contribution < 1.29 is 69.9 Å². The fraction of sp³-hybridized carbons (Fsp3) is 0.387. The van der Waals surface area contributed by atoms with Crippen molar-refractivity contribution in [2.75, 3.05) is 6.61 Å². The Morgan fingerprint density at radius 2 is 1.36 bits per heavy atom. The number of alkyl halides is 3. The van der Waals surface area contributed by atoms with Gasteiger partial charge in [0, 0.05) is 45.2 Å². The highest BCUT2D eigenvalue weighted by Crippen LogP contribution is 2.35. The van der Waals surface area contributed by atoms with Gasteiger partial charge in [0.15, 0.2) is 12.2 Å². The minimum absolute atomic E-state index is 0.0476. The quantitative estimate of drug-likeness (QED) is 0.174. The summed E-state index contributed by atoms with van der Waals surface area (Å²) >= 11 is 0. The van der Waals surface area contributed by atoms with Gasteiger partial charge in [0.25, 0.3) is 0 Å². The van der Waals surface area contributed by atoms with Gasteiger partial charge < -0.3 is 37.6 Å². The lowest BCUT2D eigenvalue weighted by Crippen LogP contribution is -2.63. The minimum atomic E-state index is -4.75. The van der Waals surface area contributed by atoms with Crippen molar-refractivity contribution in [2.24, 2.45) is 0 Å². The molecule has 0 unspecified atom stereocenters. The second-order valence-electron chi connectivity index (χ2n) is 10.3. The van der Waals surface area contributed by atoms with Gasteiger partial charge in [-0.2, -0.15) is 13.2 Å². The molecule has 0 bridgehead atoms. The monoisotopic (exact) mass is 666 g/mol. The van der Waals surface area contributed by atoms with Gasteiger partial charge in [0.2, 0.25) is 12.4 Å². The van der Waals surface area contributed by atoms with E-state index >= 15 is 0 Å². The molecule has 252 valence electrons. The first-order valence-electron chi connectivity index (χ1n) is 13.9. The molecule has 5 atom stereocenters. The molecule has 0 aliphatic carbocycles. The molecule has 2 heterocycles. The highest BCUT2D eigenvalue weighted by molar-refractivity contribution is 5.82. The summed E-state index contributed by atoms with van der Waals surface area (Å²) in [5.41, 5.74) is -1.99. The van der Waals surface area contributed by atoms with Crippen molar-refractivity contribution in [3.05, 3.63) is 70.1 Å². The van der Waals surface area contributed by atoms with Gasteiger partial charge in [-0.05, 0) is 29.8 Å². The molecule has 1 aliphatic rings. The molecule has 0 N–H and O–H groups in total. The maximum Gasteiger partial charge on any atom is 0.417 e. The summed E-state index contributed by atoms with van der Waals surface area (Å²) in [5, 5.41) is -0.298. The normalized spacial score (nSPS) is 21.0. The van der Waals surface area contributed by atoms with Gasteiger partial charge in [-0.25, -0.2) is 4.79 Å². The van der Waals surface area contributed by atoms with E-state index in [-0.39, 0.29) is 29.1 Å². The molecule has 3 aromatic rings. The first-order valence-corrected chi connectivity index (χ1v) is 13.9. The van der Waals surface area contributed by atoms with Crippen LogP contribution < -0.4 is 15.1 Å². The first kappa shape index (κ1) is 34.7. The second-order valence-corrected chi connectivity index (χ2v) is 10.3. The maximum atomic E-state index is 13.3. The van der Waals surface area contributed by atoms with Crippen LogP contribution >= 0.6 is 0 Å². The van der Waals surface area contributed by atoms with Crippen LogP contribution in [0.25, 0.3) is 11.0 Å². The summed E-state index contributed by atoms with van der Waals surface area (Å²) in [4.78, 5) is 59.1. The number of carbonyl (C=O) groups is 4. The predicted octanol–water partition coefficient (Wildman–Crippen LogP) is 3.85. The Labute approximate surface area is 264 Å². The molecule has 1 aromatic heterocycles. The van der Waals surface area contributed by atoms with Gasteiger partial charge in [-0.1, -0.05) is 12.1 Å². The Balaban J connectivity index is 1.52. The fourth-order valence-corrected chi connectivity index (χ4v) is 4.72. The predicted molar refractivity (Wildman–Crippen MR) is 151 cm³/mol. The lowest BCUT2D eigenvalue weighted by atomic mass is 9.98. The molecule has 0 saturated carbocycles. The zero-order valence-corrected chi connectivity index (χ0v) is 25.4. The number of halogens is 3. The molecule has 47 heavy (non-hydrogen) atoms. The number of esters is 4. The molecule has 13 nitrogen and oxygen atoms in total. The Hall–Kier alpha value is -5.12. The van der Waals surface area contributed by atoms with E-state index in [0.29, 0.717) is 11.6 Å². The second kappa shape index (κ2) is 14.5. The molecule has 1 aliphatic heterocycles. The standard InChI is InChI=1S/C31H29F3O13/c1-15(35)40-14-25-27(42-16(2)36)28(43-17(3)37)29(44-18(4)38)30(47-25)45-20-7-5-19(6-8-20)13-41-21-9-10-22-23(31(32,33)34)12-26(39)46-24(22)11-21/h5-12,25,27-30H,13-14H2,1-4H3/t25-,27+,28+,29-,30-/m1/s1. The summed E-state index contributed by atoms with van der Waals surface area (Å²) in [6, 6.07) is 10.2. The Morgan fingerprint density at radius 3 is 1.96 bits per heavy atom. The van der Waals surface area contributed by atoms with Gasteiger partial charge in [0.1, 0.15) is 36.4 Å². The van der Waals surface area contributed by atoms with E-state index in [2.05, 4.69) is 0 Å². The Morgan fingerprint density at radius 1 is 0.766 bits per heavy atom. The van der Waals surface area contributed by atoms with E-state index in [0.717, 1.165) is 33.8 Å². The van der Waals surface area contributed by atoms with Crippen LogP contribution in [0.1, 0.15) is 38.8 Å². The van der Waals surface area contributed by atoms with Crippen LogP contribution in [0.4, 0.5) is 13.2 Å². The molecular formula is C31H29F3O13. The third kappa shape index (κ3) is 9.22. The molecule has 1 saturated heterocycles. The van der Waals surface area contributed by atoms with Crippen molar-refractivity contribution >= 4 is 34.8 Å². The van der Waals surface area contributed by atoms with E-state index in [1.807, 2.05) is 0 Å². The van der Waals surface area contributed by atoms with E-state index in [1.165, 1.54) is 24.3 Å². The topological polar surface area (TPSA) is 163 Å². The highest BCUT2D eigenvalue weighted by atomic mass is 19.4. The number of hydrogen-bond acceptors (Lipinski definition) is 13. The lowest BCUT2D eigenvalue weighted by molar-refractivity contribution is -0.288. The van der Waals surface area contributed by atoms with Crippen molar-refractivity contribution in [3.63, 3.8) is 0 Å². The van der Waals surface area contributed by atoms with Gasteiger partial charge in [-0.3, -0.25) is 19.2 Å². The van der Waals surface area contributed by atoms with Crippen LogP contribution in [0.15, 0.2) is 57.7 Å². The van der Waals surface area contributed by atoms with Crippen LogP contribution in [0.2, 0.25) is 0 Å². The van der Waals surface area contributed by atoms with Crippen molar-refractivity contribution in [3.8, 4) is 11.5 Å². The molecule has 0 spiro atoms. The number of rotatable bonds is 10. The molecule has 2 aromatic carbocycles. The SMILES string of the molecule is CC(=O)OC[C@H]1O[C@@H](Oc2ccc(COc3ccc4c(C(F)(F)F)cc(=O)oc4c3)cc2)[C@H](OC(C)=O)[C@@H](OC(C)=O)[C@H]1OC(C)=O. The number of fused-ring (bicyclic) bond motifs is 1. The fourth-order valence-electron chi connectivity index (χ4n) is 4.72. The molecule has 16 heteroatoms. The average Bonchev–Trinajstić information content (AvgIpc) is 2.97. The molecule has 0 amide bonds. The van der Waals surface area contributed by atoms with E-state index in [9.17, 15) is 37.1 Å². The summed E-state index contributed by atoms with van der Waals surface area (Å²) < 4.78 is 83.6. The van der Waals surface area contributed by atoms with Crippen LogP contribution in [-0.4, -0.2) is 61.2 Å². The van der Waals surface area contributed by atoms with Crippen LogP contribution in [0.5, 0.6) is 11.5 Å². The zero-order chi connectivity index (χ0) is 34.5. The van der Waals surface area contributed by atoms with Crippen LogP contribution in [-0.2, 0) is 55.6 Å². The average molecular weight is 667 g/mol.